The van der Waals surface area contributed by atoms with Gasteiger partial charge in [-0.05, 0) is 6.92 Å². The van der Waals surface area contributed by atoms with Gasteiger partial charge in [0.05, 0.1) is 0 Å². The zero-order valence-corrected chi connectivity index (χ0v) is 7.63. The fourth-order valence-electron chi connectivity index (χ4n) is 1.06. The zero-order chi connectivity index (χ0) is 9.84. The van der Waals surface area contributed by atoms with Gasteiger partial charge in [0.1, 0.15) is 0 Å². The fraction of sp³-hybridized carbons (Fsp3) is 0.556. The largest absolute Gasteiger partial charge is 0.452 e. The van der Waals surface area contributed by atoms with Crippen LogP contribution < -0.4 is 5.32 Å². The van der Waals surface area contributed by atoms with Crippen LogP contribution in [0.5, 0.6) is 0 Å². The SMILES string of the molecule is C=C(C)CNC(=O)C1CCC(=O)O1. The predicted molar refractivity (Wildman–Crippen MR) is 46.9 cm³/mol. The van der Waals surface area contributed by atoms with Crippen LogP contribution in [0.4, 0.5) is 0 Å². The molecule has 1 aliphatic heterocycles. The van der Waals surface area contributed by atoms with Gasteiger partial charge in [0.2, 0.25) is 0 Å². The highest BCUT2D eigenvalue weighted by Crippen LogP contribution is 2.13. The molecular weight excluding hydrogens is 170 g/mol. The molecule has 1 atom stereocenters. The van der Waals surface area contributed by atoms with E-state index in [4.69, 9.17) is 4.74 Å². The smallest absolute Gasteiger partial charge is 0.306 e. The second-order valence-corrected chi connectivity index (χ2v) is 3.19. The number of carbonyl (C=O) groups is 2. The normalized spacial score (nSPS) is 21.0. The minimum absolute atomic E-state index is 0.228. The number of amides is 1. The van der Waals surface area contributed by atoms with Gasteiger partial charge in [-0.3, -0.25) is 9.59 Å². The van der Waals surface area contributed by atoms with Crippen LogP contribution in [0.3, 0.4) is 0 Å². The number of hydrogen-bond donors (Lipinski definition) is 1. The Morgan fingerprint density at radius 3 is 2.92 bits per heavy atom. The van der Waals surface area contributed by atoms with Crippen molar-refractivity contribution in [2.45, 2.75) is 25.9 Å². The van der Waals surface area contributed by atoms with Crippen LogP contribution in [0.2, 0.25) is 0 Å². The van der Waals surface area contributed by atoms with E-state index in [9.17, 15) is 9.59 Å². The predicted octanol–water partition coefficient (Wildman–Crippen LogP) is 0.384. The molecule has 1 fully saturated rings. The molecule has 1 saturated heterocycles. The van der Waals surface area contributed by atoms with Crippen LogP contribution >= 0.6 is 0 Å². The highest BCUT2D eigenvalue weighted by atomic mass is 16.6. The molecule has 1 heterocycles. The lowest BCUT2D eigenvalue weighted by Crippen LogP contribution is -2.35. The van der Waals surface area contributed by atoms with Gasteiger partial charge in [-0.15, -0.1) is 0 Å². The summed E-state index contributed by atoms with van der Waals surface area (Å²) in [6, 6.07) is 0. The molecule has 0 aromatic heterocycles. The maximum atomic E-state index is 11.3. The molecule has 1 N–H and O–H groups in total. The molecule has 0 spiro atoms. The lowest BCUT2D eigenvalue weighted by atomic mass is 10.2. The molecule has 0 aliphatic carbocycles. The third kappa shape index (κ3) is 2.89. The summed E-state index contributed by atoms with van der Waals surface area (Å²) in [6.07, 6.45) is 0.235. The molecule has 72 valence electrons. The molecule has 1 amide bonds. The van der Waals surface area contributed by atoms with Crippen LogP contribution in [0.1, 0.15) is 19.8 Å². The summed E-state index contributed by atoms with van der Waals surface area (Å²) in [5.41, 5.74) is 0.873. The van der Waals surface area contributed by atoms with Gasteiger partial charge in [0, 0.05) is 19.4 Å². The van der Waals surface area contributed by atoms with Crippen LogP contribution in [0.25, 0.3) is 0 Å². The number of carbonyl (C=O) groups excluding carboxylic acids is 2. The van der Waals surface area contributed by atoms with E-state index in [1.54, 1.807) is 0 Å². The van der Waals surface area contributed by atoms with Crippen molar-refractivity contribution >= 4 is 11.9 Å². The van der Waals surface area contributed by atoms with E-state index in [1.165, 1.54) is 0 Å². The maximum absolute atomic E-state index is 11.3. The summed E-state index contributed by atoms with van der Waals surface area (Å²) < 4.78 is 4.77. The third-order valence-electron chi connectivity index (χ3n) is 1.74. The van der Waals surface area contributed by atoms with Crippen molar-refractivity contribution in [2.24, 2.45) is 0 Å². The molecule has 0 aromatic carbocycles. The number of hydrogen-bond acceptors (Lipinski definition) is 3. The van der Waals surface area contributed by atoms with Crippen molar-refractivity contribution < 1.29 is 14.3 Å². The first-order valence-electron chi connectivity index (χ1n) is 4.21. The minimum atomic E-state index is -0.591. The average molecular weight is 183 g/mol. The molecule has 4 nitrogen and oxygen atoms in total. The quantitative estimate of drug-likeness (QED) is 0.508. The first-order valence-corrected chi connectivity index (χ1v) is 4.21. The topological polar surface area (TPSA) is 55.4 Å². The Bertz CT molecular complexity index is 247. The Morgan fingerprint density at radius 2 is 2.46 bits per heavy atom. The molecule has 1 rings (SSSR count). The molecule has 0 saturated carbocycles. The van der Waals surface area contributed by atoms with Gasteiger partial charge in [-0.1, -0.05) is 12.2 Å². The van der Waals surface area contributed by atoms with Crippen molar-refractivity contribution in [1.82, 2.24) is 5.32 Å². The number of nitrogens with one attached hydrogen (secondary N) is 1. The Hall–Kier alpha value is -1.32. The molecular formula is C9H13NO3. The van der Waals surface area contributed by atoms with Crippen molar-refractivity contribution in [3.63, 3.8) is 0 Å². The minimum Gasteiger partial charge on any atom is -0.452 e. The fourth-order valence-corrected chi connectivity index (χ4v) is 1.06. The third-order valence-corrected chi connectivity index (χ3v) is 1.74. The standard InChI is InChI=1S/C9H13NO3/c1-6(2)5-10-9(12)7-3-4-8(11)13-7/h7H,1,3-5H2,2H3,(H,10,12). The maximum Gasteiger partial charge on any atom is 0.306 e. The van der Waals surface area contributed by atoms with Crippen LogP contribution in [0.15, 0.2) is 12.2 Å². The van der Waals surface area contributed by atoms with Gasteiger partial charge in [0.15, 0.2) is 6.10 Å². The number of rotatable bonds is 3. The first kappa shape index (κ1) is 9.77. The van der Waals surface area contributed by atoms with E-state index < -0.39 is 6.10 Å². The molecule has 1 aliphatic rings. The first-order chi connectivity index (χ1) is 6.09. The molecule has 1 unspecified atom stereocenters. The Balaban J connectivity index is 2.31. The molecule has 0 bridgehead atoms. The van der Waals surface area contributed by atoms with Crippen molar-refractivity contribution in [3.8, 4) is 0 Å². The Kier molecular flexibility index (Phi) is 3.06. The van der Waals surface area contributed by atoms with Gasteiger partial charge in [0.25, 0.3) is 5.91 Å². The van der Waals surface area contributed by atoms with E-state index in [2.05, 4.69) is 11.9 Å². The highest BCUT2D eigenvalue weighted by Gasteiger charge is 2.29. The van der Waals surface area contributed by atoms with Crippen molar-refractivity contribution in [2.75, 3.05) is 6.54 Å². The lowest BCUT2D eigenvalue weighted by Gasteiger charge is -2.09. The molecule has 0 radical (unpaired) electrons. The van der Waals surface area contributed by atoms with E-state index in [1.807, 2.05) is 6.92 Å². The van der Waals surface area contributed by atoms with Crippen molar-refractivity contribution in [1.29, 1.82) is 0 Å². The second-order valence-electron chi connectivity index (χ2n) is 3.19. The van der Waals surface area contributed by atoms with Gasteiger partial charge < -0.3 is 10.1 Å². The van der Waals surface area contributed by atoms with Crippen LogP contribution in [-0.4, -0.2) is 24.5 Å². The summed E-state index contributed by atoms with van der Waals surface area (Å²) in [6.45, 7) is 5.90. The monoisotopic (exact) mass is 183 g/mol. The van der Waals surface area contributed by atoms with E-state index in [-0.39, 0.29) is 11.9 Å². The highest BCUT2D eigenvalue weighted by molar-refractivity contribution is 5.86. The van der Waals surface area contributed by atoms with E-state index >= 15 is 0 Å². The molecule has 4 heteroatoms. The van der Waals surface area contributed by atoms with Crippen LogP contribution in [0, 0.1) is 0 Å². The van der Waals surface area contributed by atoms with E-state index in [0.717, 1.165) is 5.57 Å². The van der Waals surface area contributed by atoms with E-state index in [0.29, 0.717) is 19.4 Å². The van der Waals surface area contributed by atoms with Gasteiger partial charge in [-0.2, -0.15) is 0 Å². The van der Waals surface area contributed by atoms with Crippen LogP contribution in [-0.2, 0) is 14.3 Å². The summed E-state index contributed by atoms with van der Waals surface area (Å²) in [7, 11) is 0. The van der Waals surface area contributed by atoms with Gasteiger partial charge >= 0.3 is 5.97 Å². The molecule has 13 heavy (non-hydrogen) atoms. The lowest BCUT2D eigenvalue weighted by molar-refractivity contribution is -0.148. The number of cyclic esters (lactones) is 1. The second kappa shape index (κ2) is 4.07. The summed E-state index contributed by atoms with van der Waals surface area (Å²) >= 11 is 0. The van der Waals surface area contributed by atoms with Crippen molar-refractivity contribution in [3.05, 3.63) is 12.2 Å². The zero-order valence-electron chi connectivity index (χ0n) is 7.63. The summed E-state index contributed by atoms with van der Waals surface area (Å²) in [4.78, 5) is 21.9. The summed E-state index contributed by atoms with van der Waals surface area (Å²) in [5, 5.41) is 2.63. The molecule has 0 aromatic rings. The number of ether oxygens (including phenoxy) is 1. The average Bonchev–Trinajstić information content (AvgIpc) is 2.47. The van der Waals surface area contributed by atoms with Gasteiger partial charge in [-0.25, -0.2) is 0 Å². The Labute approximate surface area is 76.9 Å². The Morgan fingerprint density at radius 1 is 1.77 bits per heavy atom. The number of esters is 1. The summed E-state index contributed by atoms with van der Waals surface area (Å²) in [5.74, 6) is -0.524.